The van der Waals surface area contributed by atoms with Crippen LogP contribution in [0.5, 0.6) is 0 Å². The van der Waals surface area contributed by atoms with E-state index in [1.165, 1.54) is 11.3 Å². The molecule has 1 aliphatic rings. The summed E-state index contributed by atoms with van der Waals surface area (Å²) in [5, 5.41) is 0. The number of anilines is 1. The van der Waals surface area contributed by atoms with E-state index in [2.05, 4.69) is 9.97 Å². The highest BCUT2D eigenvalue weighted by molar-refractivity contribution is 7.17. The van der Waals surface area contributed by atoms with Gasteiger partial charge in [0.1, 0.15) is 0 Å². The lowest BCUT2D eigenvalue weighted by Gasteiger charge is -2.34. The van der Waals surface area contributed by atoms with E-state index in [0.29, 0.717) is 27.7 Å². The third-order valence-corrected chi connectivity index (χ3v) is 8.08. The zero-order valence-corrected chi connectivity index (χ0v) is 21.7. The molecular weight excluding hydrogens is 515 g/mol. The van der Waals surface area contributed by atoms with Gasteiger partial charge in [-0.25, -0.2) is 4.98 Å². The Morgan fingerprint density at radius 3 is 2.39 bits per heavy atom. The first-order valence-electron chi connectivity index (χ1n) is 12.5. The van der Waals surface area contributed by atoms with Crippen LogP contribution in [0.1, 0.15) is 49.2 Å². The Labute approximate surface area is 221 Å². The lowest BCUT2D eigenvalue weighted by atomic mass is 9.81. The smallest absolute Gasteiger partial charge is 0.391 e. The third-order valence-electron chi connectivity index (χ3n) is 6.98. The summed E-state index contributed by atoms with van der Waals surface area (Å²) in [5.74, 6) is -1.63. The summed E-state index contributed by atoms with van der Waals surface area (Å²) in [4.78, 5) is 36.9. The molecule has 0 unspecified atom stereocenters. The van der Waals surface area contributed by atoms with Crippen LogP contribution in [-0.2, 0) is 4.79 Å². The first-order valence-corrected chi connectivity index (χ1v) is 13.3. The van der Waals surface area contributed by atoms with Gasteiger partial charge in [-0.1, -0.05) is 12.1 Å². The molecule has 198 valence electrons. The van der Waals surface area contributed by atoms with Gasteiger partial charge in [-0.15, -0.1) is 11.3 Å². The molecule has 4 aromatic rings. The van der Waals surface area contributed by atoms with Gasteiger partial charge in [0.2, 0.25) is 11.8 Å². The minimum absolute atomic E-state index is 0.0518. The van der Waals surface area contributed by atoms with Gasteiger partial charge in [0.25, 0.3) is 0 Å². The SMILES string of the molecule is CC(C)N(c1cc(-c2ccc(-c3nc4ncccc4o3)cc2)sc1C=O)C(=O)[C@H]1CC[C@H](C(F)(F)F)CC1. The number of carbonyl (C=O) groups is 2. The van der Waals surface area contributed by atoms with Crippen LogP contribution in [0, 0.1) is 11.8 Å². The number of alkyl halides is 3. The van der Waals surface area contributed by atoms with Crippen LogP contribution in [-0.4, -0.2) is 34.4 Å². The van der Waals surface area contributed by atoms with Gasteiger partial charge in [-0.05, 0) is 75.4 Å². The van der Waals surface area contributed by atoms with Gasteiger partial charge in [0, 0.05) is 28.6 Å². The number of hydrogen-bond donors (Lipinski definition) is 0. The van der Waals surface area contributed by atoms with Crippen LogP contribution in [0.25, 0.3) is 33.1 Å². The fourth-order valence-electron chi connectivity index (χ4n) is 5.00. The Balaban J connectivity index is 1.39. The summed E-state index contributed by atoms with van der Waals surface area (Å²) >= 11 is 1.27. The number of aromatic nitrogens is 2. The monoisotopic (exact) mass is 541 g/mol. The normalized spacial score (nSPS) is 18.2. The van der Waals surface area contributed by atoms with Crippen molar-refractivity contribution in [2.24, 2.45) is 11.8 Å². The van der Waals surface area contributed by atoms with E-state index in [-0.39, 0.29) is 37.6 Å². The van der Waals surface area contributed by atoms with Crippen LogP contribution in [0.3, 0.4) is 0 Å². The predicted octanol–water partition coefficient (Wildman–Crippen LogP) is 7.54. The zero-order valence-electron chi connectivity index (χ0n) is 20.9. The molecule has 0 radical (unpaired) electrons. The molecule has 0 spiro atoms. The van der Waals surface area contributed by atoms with Gasteiger partial charge in [0.15, 0.2) is 17.5 Å². The number of nitrogens with zero attached hydrogens (tertiary/aromatic N) is 3. The lowest BCUT2D eigenvalue weighted by Crippen LogP contribution is -2.43. The van der Waals surface area contributed by atoms with Crippen molar-refractivity contribution < 1.29 is 27.2 Å². The second-order valence-electron chi connectivity index (χ2n) is 9.79. The minimum Gasteiger partial charge on any atom is -0.434 e. The maximum Gasteiger partial charge on any atom is 0.391 e. The van der Waals surface area contributed by atoms with E-state index < -0.39 is 18.0 Å². The van der Waals surface area contributed by atoms with Crippen molar-refractivity contribution in [2.45, 2.75) is 51.7 Å². The Bertz CT molecular complexity index is 1420. The van der Waals surface area contributed by atoms with Crippen molar-refractivity contribution in [1.82, 2.24) is 9.97 Å². The summed E-state index contributed by atoms with van der Waals surface area (Å²) in [7, 11) is 0. The number of benzene rings is 1. The maximum absolute atomic E-state index is 13.5. The van der Waals surface area contributed by atoms with Gasteiger partial charge < -0.3 is 9.32 Å². The first-order chi connectivity index (χ1) is 18.2. The number of halogens is 3. The molecule has 1 fully saturated rings. The van der Waals surface area contributed by atoms with Crippen LogP contribution in [0.2, 0.25) is 0 Å². The van der Waals surface area contributed by atoms with Crippen molar-refractivity contribution in [2.75, 3.05) is 4.90 Å². The fourth-order valence-corrected chi connectivity index (χ4v) is 5.97. The molecule has 1 aliphatic carbocycles. The number of carbonyl (C=O) groups excluding carboxylic acids is 2. The second-order valence-corrected chi connectivity index (χ2v) is 10.9. The first kappa shape index (κ1) is 26.1. The van der Waals surface area contributed by atoms with Gasteiger partial charge in [-0.2, -0.15) is 18.2 Å². The largest absolute Gasteiger partial charge is 0.434 e. The average Bonchev–Trinajstić information content (AvgIpc) is 3.53. The number of thiophene rings is 1. The molecule has 5 rings (SSSR count). The Morgan fingerprint density at radius 1 is 1.11 bits per heavy atom. The number of oxazole rings is 1. The Hall–Kier alpha value is -3.53. The number of fused-ring (bicyclic) bond motifs is 1. The van der Waals surface area contributed by atoms with Crippen LogP contribution < -0.4 is 4.90 Å². The van der Waals surface area contributed by atoms with Crippen LogP contribution in [0.15, 0.2) is 53.1 Å². The highest BCUT2D eigenvalue weighted by Gasteiger charge is 2.43. The standard InChI is InChI=1S/C28H26F3N3O3S/c1-16(2)34(27(36)19-9-11-20(12-10-19)28(29,30)31)21-14-23(38-24(21)15-35)17-5-7-18(8-6-17)26-33-25-22(37-26)4-3-13-32-25/h3-8,13-16,19-20H,9-12H2,1-2H3/t19-,20-. The molecule has 1 aromatic carbocycles. The molecule has 1 amide bonds. The highest BCUT2D eigenvalue weighted by atomic mass is 32.1. The maximum atomic E-state index is 13.5. The summed E-state index contributed by atoms with van der Waals surface area (Å²) in [6, 6.07) is 12.6. The molecule has 10 heteroatoms. The molecule has 1 saturated carbocycles. The summed E-state index contributed by atoms with van der Waals surface area (Å²) in [5.41, 5.74) is 3.23. The molecule has 3 aromatic heterocycles. The number of hydrogen-bond acceptors (Lipinski definition) is 6. The number of amides is 1. The second kappa shape index (κ2) is 10.3. The molecule has 38 heavy (non-hydrogen) atoms. The molecule has 0 bridgehead atoms. The quantitative estimate of drug-likeness (QED) is 0.236. The summed E-state index contributed by atoms with van der Waals surface area (Å²) < 4.78 is 45.1. The molecule has 6 nitrogen and oxygen atoms in total. The highest BCUT2D eigenvalue weighted by Crippen LogP contribution is 2.42. The van der Waals surface area contributed by atoms with E-state index in [1.54, 1.807) is 23.2 Å². The fraction of sp³-hybridized carbons (Fsp3) is 0.357. The molecule has 0 atom stereocenters. The molecule has 0 N–H and O–H groups in total. The van der Waals surface area contributed by atoms with Crippen molar-refractivity contribution in [3.63, 3.8) is 0 Å². The lowest BCUT2D eigenvalue weighted by molar-refractivity contribution is -0.184. The van der Waals surface area contributed by atoms with E-state index in [0.717, 1.165) is 22.3 Å². The summed E-state index contributed by atoms with van der Waals surface area (Å²) in [6.45, 7) is 3.68. The Kier molecular flexibility index (Phi) is 7.09. The third kappa shape index (κ3) is 5.09. The van der Waals surface area contributed by atoms with Crippen molar-refractivity contribution in [1.29, 1.82) is 0 Å². The van der Waals surface area contributed by atoms with Gasteiger partial charge in [0.05, 0.1) is 16.5 Å². The van der Waals surface area contributed by atoms with E-state index in [9.17, 15) is 22.8 Å². The van der Waals surface area contributed by atoms with Crippen LogP contribution in [0.4, 0.5) is 18.9 Å². The van der Waals surface area contributed by atoms with E-state index in [1.807, 2.05) is 44.2 Å². The molecule has 0 aliphatic heterocycles. The van der Waals surface area contributed by atoms with Crippen molar-refractivity contribution >= 4 is 40.4 Å². The summed E-state index contributed by atoms with van der Waals surface area (Å²) in [6.07, 6.45) is -1.58. The van der Waals surface area contributed by atoms with Crippen LogP contribution >= 0.6 is 11.3 Å². The number of aldehydes is 1. The molecule has 0 saturated heterocycles. The predicted molar refractivity (Wildman–Crippen MR) is 140 cm³/mol. The van der Waals surface area contributed by atoms with Crippen molar-refractivity contribution in [3.8, 4) is 21.9 Å². The van der Waals surface area contributed by atoms with Gasteiger partial charge in [-0.3, -0.25) is 9.59 Å². The average molecular weight is 542 g/mol. The molecular formula is C28H26F3N3O3S. The van der Waals surface area contributed by atoms with E-state index in [4.69, 9.17) is 4.42 Å². The number of pyridine rings is 1. The molecule has 3 heterocycles. The zero-order chi connectivity index (χ0) is 27.0. The minimum atomic E-state index is -4.23. The van der Waals surface area contributed by atoms with Gasteiger partial charge >= 0.3 is 6.18 Å². The number of rotatable bonds is 6. The Morgan fingerprint density at radius 2 is 1.79 bits per heavy atom. The van der Waals surface area contributed by atoms with Crippen molar-refractivity contribution in [3.05, 3.63) is 53.5 Å². The topological polar surface area (TPSA) is 76.3 Å². The van der Waals surface area contributed by atoms with E-state index >= 15 is 0 Å².